The van der Waals surface area contributed by atoms with Crippen molar-refractivity contribution in [3.8, 4) is 0 Å². The third-order valence-electron chi connectivity index (χ3n) is 2.05. The minimum atomic E-state index is 0.406. The first-order valence-corrected chi connectivity index (χ1v) is 3.79. The summed E-state index contributed by atoms with van der Waals surface area (Å²) in [6, 6.07) is 0.406. The van der Waals surface area contributed by atoms with E-state index < -0.39 is 0 Å². The average Bonchev–Trinajstić information content (AvgIpc) is 1.88. The molecule has 54 valence electrons. The summed E-state index contributed by atoms with van der Waals surface area (Å²) in [5.41, 5.74) is 5.74. The van der Waals surface area contributed by atoms with Crippen LogP contribution in [0.4, 0.5) is 0 Å². The van der Waals surface area contributed by atoms with Gasteiger partial charge >= 0.3 is 0 Å². The van der Waals surface area contributed by atoms with E-state index >= 15 is 0 Å². The minimum absolute atomic E-state index is 0.406. The molecule has 3 N–H and O–H groups in total. The molecule has 0 saturated carbocycles. The van der Waals surface area contributed by atoms with Crippen molar-refractivity contribution in [1.29, 1.82) is 0 Å². The van der Waals surface area contributed by atoms with E-state index in [2.05, 4.69) is 12.2 Å². The second-order valence-corrected chi connectivity index (χ2v) is 2.93. The Morgan fingerprint density at radius 2 is 2.33 bits per heavy atom. The number of rotatable bonds is 1. The highest BCUT2D eigenvalue weighted by molar-refractivity contribution is 4.76. The van der Waals surface area contributed by atoms with Crippen molar-refractivity contribution in [1.82, 2.24) is 5.32 Å². The molecule has 2 atom stereocenters. The van der Waals surface area contributed by atoms with E-state index in [9.17, 15) is 0 Å². The molecule has 0 aromatic carbocycles. The minimum Gasteiger partial charge on any atom is -0.327 e. The molecule has 0 radical (unpaired) electrons. The molecule has 2 nitrogen and oxygen atoms in total. The Hall–Kier alpha value is -0.0800. The van der Waals surface area contributed by atoms with Crippen LogP contribution in [-0.4, -0.2) is 19.1 Å². The lowest BCUT2D eigenvalue weighted by molar-refractivity contribution is 0.334. The molecule has 0 unspecified atom stereocenters. The second kappa shape index (κ2) is 3.18. The first kappa shape index (κ1) is 7.03. The first-order valence-electron chi connectivity index (χ1n) is 3.79. The highest BCUT2D eigenvalue weighted by atomic mass is 14.9. The number of nitrogens with one attached hydrogen (secondary N) is 1. The zero-order valence-electron chi connectivity index (χ0n) is 6.06. The highest BCUT2D eigenvalue weighted by Crippen LogP contribution is 2.11. The molecule has 2 heteroatoms. The van der Waals surface area contributed by atoms with Crippen LogP contribution in [0.3, 0.4) is 0 Å². The maximum Gasteiger partial charge on any atom is 0.0168 e. The topological polar surface area (TPSA) is 38.0 Å². The normalized spacial score (nSPS) is 36.7. The lowest BCUT2D eigenvalue weighted by atomic mass is 9.94. The SMILES string of the molecule is CC[C@@H]1CNC[C@@H](N)C1. The van der Waals surface area contributed by atoms with Gasteiger partial charge < -0.3 is 11.1 Å². The molecule has 1 saturated heterocycles. The Morgan fingerprint density at radius 1 is 1.56 bits per heavy atom. The predicted octanol–water partition coefficient (Wildman–Crippen LogP) is 0.333. The van der Waals surface area contributed by atoms with Gasteiger partial charge in [0.05, 0.1) is 0 Å². The number of piperidine rings is 1. The van der Waals surface area contributed by atoms with Crippen molar-refractivity contribution in [2.45, 2.75) is 25.8 Å². The molecule has 0 aliphatic carbocycles. The predicted molar refractivity (Wildman–Crippen MR) is 39.2 cm³/mol. The summed E-state index contributed by atoms with van der Waals surface area (Å²) in [4.78, 5) is 0. The van der Waals surface area contributed by atoms with E-state index in [4.69, 9.17) is 5.73 Å². The zero-order chi connectivity index (χ0) is 6.69. The molecule has 1 aliphatic heterocycles. The summed E-state index contributed by atoms with van der Waals surface area (Å²) in [5, 5.41) is 3.31. The fourth-order valence-corrected chi connectivity index (χ4v) is 1.38. The fraction of sp³-hybridized carbons (Fsp3) is 1.00. The van der Waals surface area contributed by atoms with Crippen molar-refractivity contribution in [3.05, 3.63) is 0 Å². The molecule has 1 aliphatic rings. The number of hydrogen-bond donors (Lipinski definition) is 2. The van der Waals surface area contributed by atoms with E-state index in [0.29, 0.717) is 6.04 Å². The molecule has 0 bridgehead atoms. The van der Waals surface area contributed by atoms with Crippen molar-refractivity contribution in [2.75, 3.05) is 13.1 Å². The van der Waals surface area contributed by atoms with E-state index in [1.807, 2.05) is 0 Å². The van der Waals surface area contributed by atoms with E-state index in [0.717, 1.165) is 12.5 Å². The van der Waals surface area contributed by atoms with Crippen LogP contribution in [0.25, 0.3) is 0 Å². The lowest BCUT2D eigenvalue weighted by Gasteiger charge is -2.26. The van der Waals surface area contributed by atoms with Gasteiger partial charge in [0.2, 0.25) is 0 Å². The van der Waals surface area contributed by atoms with Gasteiger partial charge in [-0.2, -0.15) is 0 Å². The van der Waals surface area contributed by atoms with Crippen LogP contribution in [0.1, 0.15) is 19.8 Å². The van der Waals surface area contributed by atoms with E-state index in [1.165, 1.54) is 19.4 Å². The van der Waals surface area contributed by atoms with Gasteiger partial charge in [-0.05, 0) is 18.9 Å². The maximum atomic E-state index is 5.74. The smallest absolute Gasteiger partial charge is 0.0168 e. The zero-order valence-corrected chi connectivity index (χ0v) is 6.06. The van der Waals surface area contributed by atoms with Crippen LogP contribution in [0, 0.1) is 5.92 Å². The van der Waals surface area contributed by atoms with Gasteiger partial charge in [0.1, 0.15) is 0 Å². The van der Waals surface area contributed by atoms with Crippen LogP contribution in [-0.2, 0) is 0 Å². The van der Waals surface area contributed by atoms with Gasteiger partial charge in [-0.1, -0.05) is 13.3 Å². The molecule has 0 aromatic rings. The Labute approximate surface area is 56.8 Å². The largest absolute Gasteiger partial charge is 0.327 e. The molecule has 0 amide bonds. The average molecular weight is 128 g/mol. The van der Waals surface area contributed by atoms with Crippen molar-refractivity contribution in [3.63, 3.8) is 0 Å². The molecule has 0 spiro atoms. The summed E-state index contributed by atoms with van der Waals surface area (Å²) in [6.45, 7) is 4.41. The molecule has 1 heterocycles. The number of nitrogens with two attached hydrogens (primary N) is 1. The third-order valence-corrected chi connectivity index (χ3v) is 2.05. The van der Waals surface area contributed by atoms with Crippen molar-refractivity contribution in [2.24, 2.45) is 11.7 Å². The summed E-state index contributed by atoms with van der Waals surface area (Å²) in [6.07, 6.45) is 2.48. The Kier molecular flexibility index (Phi) is 2.49. The van der Waals surface area contributed by atoms with Gasteiger partial charge in [0, 0.05) is 12.6 Å². The van der Waals surface area contributed by atoms with Gasteiger partial charge in [0.25, 0.3) is 0 Å². The van der Waals surface area contributed by atoms with Crippen molar-refractivity contribution < 1.29 is 0 Å². The first-order chi connectivity index (χ1) is 4.33. The fourth-order valence-electron chi connectivity index (χ4n) is 1.38. The summed E-state index contributed by atoms with van der Waals surface area (Å²) < 4.78 is 0. The molecule has 1 fully saturated rings. The highest BCUT2D eigenvalue weighted by Gasteiger charge is 2.16. The van der Waals surface area contributed by atoms with Crippen LogP contribution >= 0.6 is 0 Å². The monoisotopic (exact) mass is 128 g/mol. The summed E-state index contributed by atoms with van der Waals surface area (Å²) >= 11 is 0. The van der Waals surface area contributed by atoms with Gasteiger partial charge in [0.15, 0.2) is 0 Å². The molecular weight excluding hydrogens is 112 g/mol. The quantitative estimate of drug-likeness (QED) is 0.534. The molecule has 1 rings (SSSR count). The van der Waals surface area contributed by atoms with Crippen molar-refractivity contribution >= 4 is 0 Å². The molecule has 9 heavy (non-hydrogen) atoms. The van der Waals surface area contributed by atoms with Gasteiger partial charge in [-0.15, -0.1) is 0 Å². The van der Waals surface area contributed by atoms with Crippen LogP contribution < -0.4 is 11.1 Å². The second-order valence-electron chi connectivity index (χ2n) is 2.93. The Balaban J connectivity index is 2.23. The standard InChI is InChI=1S/C7H16N2/c1-2-6-3-7(8)5-9-4-6/h6-7,9H,2-5,8H2,1H3/t6-,7-/m0/s1. The third kappa shape index (κ3) is 1.95. The maximum absolute atomic E-state index is 5.74. The van der Waals surface area contributed by atoms with E-state index in [1.54, 1.807) is 0 Å². The molecular formula is C7H16N2. The van der Waals surface area contributed by atoms with Gasteiger partial charge in [-0.25, -0.2) is 0 Å². The lowest BCUT2D eigenvalue weighted by Crippen LogP contribution is -2.43. The van der Waals surface area contributed by atoms with Crippen LogP contribution in [0.5, 0.6) is 0 Å². The van der Waals surface area contributed by atoms with Gasteiger partial charge in [-0.3, -0.25) is 0 Å². The van der Waals surface area contributed by atoms with Crippen LogP contribution in [0.15, 0.2) is 0 Å². The summed E-state index contributed by atoms with van der Waals surface area (Å²) in [7, 11) is 0. The summed E-state index contributed by atoms with van der Waals surface area (Å²) in [5.74, 6) is 0.828. The number of hydrogen-bond acceptors (Lipinski definition) is 2. The van der Waals surface area contributed by atoms with E-state index in [-0.39, 0.29) is 0 Å². The Bertz CT molecular complexity index is 83.0. The Morgan fingerprint density at radius 3 is 2.78 bits per heavy atom. The van der Waals surface area contributed by atoms with Crippen LogP contribution in [0.2, 0.25) is 0 Å². The molecule has 0 aromatic heterocycles.